The molecule has 27 heavy (non-hydrogen) atoms. The second-order valence-electron chi connectivity index (χ2n) is 7.36. The van der Waals surface area contributed by atoms with Gasteiger partial charge in [-0.2, -0.15) is 0 Å². The van der Waals surface area contributed by atoms with E-state index in [-0.39, 0.29) is 12.1 Å². The van der Waals surface area contributed by atoms with Crippen LogP contribution in [0.3, 0.4) is 0 Å². The van der Waals surface area contributed by atoms with Crippen molar-refractivity contribution in [2.24, 2.45) is 17.4 Å². The Morgan fingerprint density at radius 1 is 1.11 bits per heavy atom. The van der Waals surface area contributed by atoms with Gasteiger partial charge < -0.3 is 11.5 Å². The van der Waals surface area contributed by atoms with E-state index in [2.05, 4.69) is 20.9 Å². The van der Waals surface area contributed by atoms with Gasteiger partial charge in [0.05, 0.1) is 26.4 Å². The van der Waals surface area contributed by atoms with Crippen molar-refractivity contribution in [3.8, 4) is 11.4 Å². The Hall–Kier alpha value is -1.41. The van der Waals surface area contributed by atoms with Gasteiger partial charge in [0.1, 0.15) is 0 Å². The molecule has 4 rings (SSSR count). The molecule has 0 amide bonds. The zero-order chi connectivity index (χ0) is 18.8. The fourth-order valence-corrected chi connectivity index (χ4v) is 5.53. The van der Waals surface area contributed by atoms with Crippen LogP contribution >= 0.6 is 27.3 Å². The van der Waals surface area contributed by atoms with Gasteiger partial charge in [0, 0.05) is 29.4 Å². The van der Waals surface area contributed by atoms with Crippen LogP contribution in [0.5, 0.6) is 0 Å². The highest BCUT2D eigenvalue weighted by atomic mass is 79.9. The third-order valence-corrected chi connectivity index (χ3v) is 7.34. The zero-order valence-electron chi connectivity index (χ0n) is 15.1. The van der Waals surface area contributed by atoms with E-state index in [0.29, 0.717) is 11.7 Å². The molecule has 1 aliphatic carbocycles. The number of rotatable bonds is 5. The summed E-state index contributed by atoms with van der Waals surface area (Å²) in [7, 11) is 0. The molecule has 2 atom stereocenters. The molecule has 0 aliphatic heterocycles. The van der Waals surface area contributed by atoms with E-state index in [9.17, 15) is 0 Å². The Morgan fingerprint density at radius 3 is 2.59 bits per heavy atom. The summed E-state index contributed by atoms with van der Waals surface area (Å²) in [5.74, 6) is 1.35. The van der Waals surface area contributed by atoms with Crippen LogP contribution < -0.4 is 11.5 Å². The molecule has 2 unspecified atom stereocenters. The quantitative estimate of drug-likeness (QED) is 0.587. The number of fused-ring (bicyclic) bond motifs is 1. The Balaban J connectivity index is 1.69. The van der Waals surface area contributed by atoms with Gasteiger partial charge >= 0.3 is 0 Å². The van der Waals surface area contributed by atoms with Crippen LogP contribution in [0.15, 0.2) is 34.4 Å². The SMILES string of the molecule is NC(CC1CCCCC1)C(N)c1nc(-c2ccncc2)nc2c(Br)csc12. The fraction of sp³-hybridized carbons (Fsp3) is 0.450. The Morgan fingerprint density at radius 2 is 1.85 bits per heavy atom. The maximum atomic E-state index is 6.64. The van der Waals surface area contributed by atoms with Gasteiger partial charge in [-0.15, -0.1) is 11.3 Å². The smallest absolute Gasteiger partial charge is 0.160 e. The Kier molecular flexibility index (Phi) is 5.82. The number of nitrogens with two attached hydrogens (primary N) is 2. The predicted octanol–water partition coefficient (Wildman–Crippen LogP) is 4.81. The minimum atomic E-state index is -0.302. The normalized spacial score (nSPS) is 17.9. The highest BCUT2D eigenvalue weighted by Crippen LogP contribution is 2.36. The average molecular weight is 446 g/mol. The second kappa shape index (κ2) is 8.31. The number of hydrogen-bond acceptors (Lipinski definition) is 6. The second-order valence-corrected chi connectivity index (χ2v) is 9.09. The maximum absolute atomic E-state index is 6.64. The van der Waals surface area contributed by atoms with E-state index < -0.39 is 0 Å². The van der Waals surface area contributed by atoms with Crippen LogP contribution in [0.25, 0.3) is 21.6 Å². The zero-order valence-corrected chi connectivity index (χ0v) is 17.5. The first kappa shape index (κ1) is 18.9. The first-order valence-corrected chi connectivity index (χ1v) is 11.2. The summed E-state index contributed by atoms with van der Waals surface area (Å²) in [4.78, 5) is 13.7. The fourth-order valence-electron chi connectivity index (χ4n) is 3.93. The molecule has 5 nitrogen and oxygen atoms in total. The molecule has 142 valence electrons. The molecule has 0 saturated heterocycles. The van der Waals surface area contributed by atoms with Crippen LogP contribution in [0.2, 0.25) is 0 Å². The number of hydrogen-bond donors (Lipinski definition) is 2. The standard InChI is InChI=1S/C20H24BrN5S/c21-14-11-27-19-17(14)25-20(13-6-8-24-9-7-13)26-18(19)16(23)15(22)10-12-4-2-1-3-5-12/h6-9,11-12,15-16H,1-5,10,22-23H2. The van der Waals surface area contributed by atoms with Gasteiger partial charge in [0.25, 0.3) is 0 Å². The first-order chi connectivity index (χ1) is 13.1. The number of pyridine rings is 1. The maximum Gasteiger partial charge on any atom is 0.160 e. The molecule has 1 fully saturated rings. The van der Waals surface area contributed by atoms with Gasteiger partial charge in [0.15, 0.2) is 5.82 Å². The largest absolute Gasteiger partial charge is 0.326 e. The lowest BCUT2D eigenvalue weighted by Crippen LogP contribution is -2.37. The minimum absolute atomic E-state index is 0.0997. The molecule has 4 N–H and O–H groups in total. The average Bonchev–Trinajstić information content (AvgIpc) is 3.09. The number of nitrogens with zero attached hydrogens (tertiary/aromatic N) is 3. The predicted molar refractivity (Wildman–Crippen MR) is 114 cm³/mol. The van der Waals surface area contributed by atoms with Gasteiger partial charge in [0.2, 0.25) is 0 Å². The molecule has 3 aromatic rings. The molecule has 0 radical (unpaired) electrons. The molecule has 7 heteroatoms. The van der Waals surface area contributed by atoms with E-state index in [4.69, 9.17) is 21.4 Å². The number of thiophene rings is 1. The molecule has 3 heterocycles. The van der Waals surface area contributed by atoms with E-state index in [1.807, 2.05) is 17.5 Å². The number of aromatic nitrogens is 3. The van der Waals surface area contributed by atoms with Crippen molar-refractivity contribution in [2.75, 3.05) is 0 Å². The lowest BCUT2D eigenvalue weighted by Gasteiger charge is -2.27. The van der Waals surface area contributed by atoms with Crippen molar-refractivity contribution in [1.29, 1.82) is 0 Å². The van der Waals surface area contributed by atoms with Crippen LogP contribution in [0.1, 0.15) is 50.3 Å². The summed E-state index contributed by atoms with van der Waals surface area (Å²) in [6.45, 7) is 0. The molecule has 0 bridgehead atoms. The van der Waals surface area contributed by atoms with Crippen LogP contribution in [-0.4, -0.2) is 21.0 Å². The van der Waals surface area contributed by atoms with E-state index in [0.717, 1.165) is 32.4 Å². The van der Waals surface area contributed by atoms with Gasteiger partial charge in [-0.25, -0.2) is 9.97 Å². The third-order valence-electron chi connectivity index (χ3n) is 5.44. The summed E-state index contributed by atoms with van der Waals surface area (Å²) in [5.41, 5.74) is 15.9. The minimum Gasteiger partial charge on any atom is -0.326 e. The highest BCUT2D eigenvalue weighted by Gasteiger charge is 2.26. The van der Waals surface area contributed by atoms with Crippen molar-refractivity contribution in [3.63, 3.8) is 0 Å². The highest BCUT2D eigenvalue weighted by molar-refractivity contribution is 9.10. The van der Waals surface area contributed by atoms with E-state index in [1.165, 1.54) is 32.1 Å². The van der Waals surface area contributed by atoms with Crippen molar-refractivity contribution in [1.82, 2.24) is 15.0 Å². The topological polar surface area (TPSA) is 90.7 Å². The van der Waals surface area contributed by atoms with Crippen LogP contribution in [-0.2, 0) is 0 Å². The molecule has 1 aliphatic rings. The Bertz CT molecular complexity index is 907. The summed E-state index contributed by atoms with van der Waals surface area (Å²) in [6.07, 6.45) is 11.0. The summed E-state index contributed by atoms with van der Waals surface area (Å²) in [5, 5.41) is 2.04. The molecule has 0 aromatic carbocycles. The monoisotopic (exact) mass is 445 g/mol. The van der Waals surface area contributed by atoms with Gasteiger partial charge in [-0.3, -0.25) is 4.98 Å². The molecular weight excluding hydrogens is 422 g/mol. The molecule has 0 spiro atoms. The van der Waals surface area contributed by atoms with Crippen LogP contribution in [0.4, 0.5) is 0 Å². The number of halogens is 1. The molecular formula is C20H24BrN5S. The van der Waals surface area contributed by atoms with E-state index in [1.54, 1.807) is 23.7 Å². The summed E-state index contributed by atoms with van der Waals surface area (Å²) >= 11 is 5.23. The van der Waals surface area contributed by atoms with Crippen molar-refractivity contribution >= 4 is 37.5 Å². The van der Waals surface area contributed by atoms with Gasteiger partial charge in [-0.05, 0) is 40.4 Å². The van der Waals surface area contributed by atoms with Gasteiger partial charge in [-0.1, -0.05) is 32.1 Å². The summed E-state index contributed by atoms with van der Waals surface area (Å²) < 4.78 is 1.99. The van der Waals surface area contributed by atoms with Crippen molar-refractivity contribution < 1.29 is 0 Å². The van der Waals surface area contributed by atoms with E-state index >= 15 is 0 Å². The van der Waals surface area contributed by atoms with Crippen molar-refractivity contribution in [2.45, 2.75) is 50.6 Å². The van der Waals surface area contributed by atoms with Crippen LogP contribution in [0, 0.1) is 5.92 Å². The molecule has 1 saturated carbocycles. The summed E-state index contributed by atoms with van der Waals surface area (Å²) in [6, 6.07) is 3.43. The Labute approximate surface area is 171 Å². The first-order valence-electron chi connectivity index (χ1n) is 9.49. The lowest BCUT2D eigenvalue weighted by molar-refractivity contribution is 0.303. The van der Waals surface area contributed by atoms with Crippen molar-refractivity contribution in [3.05, 3.63) is 40.1 Å². The lowest BCUT2D eigenvalue weighted by atomic mass is 9.83. The molecule has 3 aromatic heterocycles. The third kappa shape index (κ3) is 4.06.